The Morgan fingerprint density at radius 2 is 1.73 bits per heavy atom. The number of piperidine rings is 1. The van der Waals surface area contributed by atoms with E-state index in [1.54, 1.807) is 4.90 Å². The Kier molecular flexibility index (Phi) is 5.66. The molecule has 1 aliphatic rings. The first-order chi connectivity index (χ1) is 12.6. The van der Waals surface area contributed by atoms with E-state index in [4.69, 9.17) is 0 Å². The summed E-state index contributed by atoms with van der Waals surface area (Å²) in [4.78, 5) is 26.8. The number of benzene rings is 2. The highest BCUT2D eigenvalue weighted by Crippen LogP contribution is 2.22. The summed E-state index contributed by atoms with van der Waals surface area (Å²) in [5, 5.41) is 3.03. The second-order valence-electron chi connectivity index (χ2n) is 6.57. The zero-order chi connectivity index (χ0) is 18.5. The monoisotopic (exact) mass is 354 g/mol. The van der Waals surface area contributed by atoms with E-state index in [0.717, 1.165) is 17.7 Å². The average Bonchev–Trinajstić information content (AvgIpc) is 2.68. The molecule has 3 rings (SSSR count). The first-order valence-corrected chi connectivity index (χ1v) is 9.02. The number of carbonyl (C=O) groups excluding carboxylic acids is 2. The molecule has 26 heavy (non-hydrogen) atoms. The van der Waals surface area contributed by atoms with Gasteiger partial charge in [0, 0.05) is 30.3 Å². The number of amides is 2. The third-order valence-corrected chi connectivity index (χ3v) is 4.90. The van der Waals surface area contributed by atoms with E-state index < -0.39 is 0 Å². The van der Waals surface area contributed by atoms with Gasteiger partial charge in [-0.1, -0.05) is 25.1 Å². The van der Waals surface area contributed by atoms with E-state index >= 15 is 0 Å². The molecule has 0 bridgehead atoms. The molecule has 2 aromatic rings. The molecule has 1 saturated heterocycles. The van der Waals surface area contributed by atoms with Crippen LogP contribution >= 0.6 is 0 Å². The Morgan fingerprint density at radius 3 is 2.38 bits per heavy atom. The van der Waals surface area contributed by atoms with Crippen LogP contribution in [0.1, 0.15) is 35.7 Å². The highest BCUT2D eigenvalue weighted by molar-refractivity contribution is 5.95. The van der Waals surface area contributed by atoms with Gasteiger partial charge in [0.25, 0.3) is 5.91 Å². The van der Waals surface area contributed by atoms with Crippen molar-refractivity contribution in [1.29, 1.82) is 0 Å². The lowest BCUT2D eigenvalue weighted by molar-refractivity contribution is -0.121. The van der Waals surface area contributed by atoms with E-state index in [2.05, 4.69) is 12.2 Å². The van der Waals surface area contributed by atoms with Crippen molar-refractivity contribution < 1.29 is 14.0 Å². The Bertz CT molecular complexity index is 781. The maximum absolute atomic E-state index is 13.0. The van der Waals surface area contributed by atoms with Crippen LogP contribution in [0.25, 0.3) is 0 Å². The second-order valence-corrected chi connectivity index (χ2v) is 6.57. The highest BCUT2D eigenvalue weighted by atomic mass is 19.1. The number of nitrogens with zero attached hydrogens (tertiary/aromatic N) is 1. The molecule has 0 radical (unpaired) electrons. The van der Waals surface area contributed by atoms with Crippen molar-refractivity contribution in [3.63, 3.8) is 0 Å². The second kappa shape index (κ2) is 8.13. The summed E-state index contributed by atoms with van der Waals surface area (Å²) in [6.07, 6.45) is 2.13. The molecule has 0 saturated carbocycles. The quantitative estimate of drug-likeness (QED) is 0.906. The summed E-state index contributed by atoms with van der Waals surface area (Å²) < 4.78 is 13.0. The van der Waals surface area contributed by atoms with E-state index in [1.807, 2.05) is 24.3 Å². The maximum Gasteiger partial charge on any atom is 0.253 e. The Labute approximate surface area is 153 Å². The third-order valence-electron chi connectivity index (χ3n) is 4.90. The van der Waals surface area contributed by atoms with Crippen LogP contribution in [-0.2, 0) is 11.2 Å². The predicted molar refractivity (Wildman–Crippen MR) is 99.5 cm³/mol. The van der Waals surface area contributed by atoms with Crippen LogP contribution in [0.5, 0.6) is 0 Å². The minimum Gasteiger partial charge on any atom is -0.339 e. The topological polar surface area (TPSA) is 49.4 Å². The number of halogens is 1. The van der Waals surface area contributed by atoms with Crippen LogP contribution in [-0.4, -0.2) is 29.8 Å². The van der Waals surface area contributed by atoms with E-state index in [9.17, 15) is 14.0 Å². The molecule has 0 spiro atoms. The van der Waals surface area contributed by atoms with E-state index in [-0.39, 0.29) is 23.5 Å². The van der Waals surface area contributed by atoms with Gasteiger partial charge < -0.3 is 10.2 Å². The molecule has 0 aromatic heterocycles. The van der Waals surface area contributed by atoms with Crippen molar-refractivity contribution in [3.8, 4) is 0 Å². The number of aryl methyl sites for hydroxylation is 1. The number of hydrogen-bond donors (Lipinski definition) is 1. The van der Waals surface area contributed by atoms with Crippen LogP contribution in [0.4, 0.5) is 10.1 Å². The molecule has 1 N–H and O–H groups in total. The van der Waals surface area contributed by atoms with Gasteiger partial charge in [-0.2, -0.15) is 0 Å². The molecule has 4 nitrogen and oxygen atoms in total. The number of likely N-dealkylation sites (tertiary alicyclic amines) is 1. The van der Waals surface area contributed by atoms with E-state index in [0.29, 0.717) is 31.5 Å². The van der Waals surface area contributed by atoms with Crippen LogP contribution in [0.3, 0.4) is 0 Å². The molecule has 2 amide bonds. The number of anilines is 1. The van der Waals surface area contributed by atoms with Gasteiger partial charge >= 0.3 is 0 Å². The van der Waals surface area contributed by atoms with Gasteiger partial charge in [-0.15, -0.1) is 0 Å². The number of rotatable bonds is 4. The molecular formula is C21H23FN2O2. The Morgan fingerprint density at radius 1 is 1.08 bits per heavy atom. The summed E-state index contributed by atoms with van der Waals surface area (Å²) in [5.74, 6) is -0.554. The third kappa shape index (κ3) is 4.10. The van der Waals surface area contributed by atoms with Gasteiger partial charge in [-0.05, 0) is 55.2 Å². The summed E-state index contributed by atoms with van der Waals surface area (Å²) >= 11 is 0. The lowest BCUT2D eigenvalue weighted by Gasteiger charge is -2.31. The summed E-state index contributed by atoms with van der Waals surface area (Å²) in [6.45, 7) is 3.12. The molecule has 1 heterocycles. The number of carbonyl (C=O) groups is 2. The molecule has 5 heteroatoms. The van der Waals surface area contributed by atoms with Crippen LogP contribution < -0.4 is 5.32 Å². The maximum atomic E-state index is 13.0. The van der Waals surface area contributed by atoms with Crippen LogP contribution in [0.15, 0.2) is 48.5 Å². The summed E-state index contributed by atoms with van der Waals surface area (Å²) in [7, 11) is 0. The first kappa shape index (κ1) is 18.1. The van der Waals surface area contributed by atoms with Crippen molar-refractivity contribution in [2.75, 3.05) is 18.4 Å². The van der Waals surface area contributed by atoms with Crippen molar-refractivity contribution in [1.82, 2.24) is 4.90 Å². The lowest BCUT2D eigenvalue weighted by atomic mass is 9.95. The predicted octanol–water partition coefficient (Wildman–Crippen LogP) is 3.88. The van der Waals surface area contributed by atoms with Gasteiger partial charge in [0.1, 0.15) is 5.82 Å². The minimum atomic E-state index is -0.357. The van der Waals surface area contributed by atoms with Crippen molar-refractivity contribution >= 4 is 17.5 Å². The molecule has 0 aliphatic carbocycles. The van der Waals surface area contributed by atoms with Gasteiger partial charge in [0.15, 0.2) is 0 Å². The average molecular weight is 354 g/mol. The van der Waals surface area contributed by atoms with Crippen molar-refractivity contribution in [2.45, 2.75) is 26.2 Å². The van der Waals surface area contributed by atoms with Gasteiger partial charge in [0.05, 0.1) is 0 Å². The van der Waals surface area contributed by atoms with Crippen LogP contribution in [0, 0.1) is 11.7 Å². The van der Waals surface area contributed by atoms with Crippen molar-refractivity contribution in [2.24, 2.45) is 5.92 Å². The van der Waals surface area contributed by atoms with Gasteiger partial charge in [-0.3, -0.25) is 9.59 Å². The normalized spacial score (nSPS) is 14.9. The smallest absolute Gasteiger partial charge is 0.253 e. The molecule has 136 valence electrons. The fourth-order valence-electron chi connectivity index (χ4n) is 3.31. The molecule has 1 fully saturated rings. The fourth-order valence-corrected chi connectivity index (χ4v) is 3.31. The zero-order valence-electron chi connectivity index (χ0n) is 14.9. The number of para-hydroxylation sites is 1. The molecular weight excluding hydrogens is 331 g/mol. The zero-order valence-corrected chi connectivity index (χ0v) is 14.9. The highest BCUT2D eigenvalue weighted by Gasteiger charge is 2.28. The minimum absolute atomic E-state index is 0.0137. The standard InChI is InChI=1S/C21H23FN2O2/c1-2-15-5-3-4-6-19(15)23-20(25)16-11-13-24(14-12-16)21(26)17-7-9-18(22)10-8-17/h3-10,16H,2,11-14H2,1H3,(H,23,25). The summed E-state index contributed by atoms with van der Waals surface area (Å²) in [6, 6.07) is 13.4. The lowest BCUT2D eigenvalue weighted by Crippen LogP contribution is -2.41. The molecule has 2 aromatic carbocycles. The molecule has 1 aliphatic heterocycles. The first-order valence-electron chi connectivity index (χ1n) is 9.02. The largest absolute Gasteiger partial charge is 0.339 e. The van der Waals surface area contributed by atoms with Crippen LogP contribution in [0.2, 0.25) is 0 Å². The van der Waals surface area contributed by atoms with Gasteiger partial charge in [0.2, 0.25) is 5.91 Å². The SMILES string of the molecule is CCc1ccccc1NC(=O)C1CCN(C(=O)c2ccc(F)cc2)CC1. The number of hydrogen-bond acceptors (Lipinski definition) is 2. The molecule has 0 unspecified atom stereocenters. The van der Waals surface area contributed by atoms with Gasteiger partial charge in [-0.25, -0.2) is 4.39 Å². The van der Waals surface area contributed by atoms with E-state index in [1.165, 1.54) is 24.3 Å². The summed E-state index contributed by atoms with van der Waals surface area (Å²) in [5.41, 5.74) is 2.46. The number of nitrogens with one attached hydrogen (secondary N) is 1. The fraction of sp³-hybridized carbons (Fsp3) is 0.333. The Hall–Kier alpha value is -2.69. The Balaban J connectivity index is 1.57. The van der Waals surface area contributed by atoms with Crippen molar-refractivity contribution in [3.05, 3.63) is 65.5 Å². The molecule has 0 atom stereocenters.